The summed E-state index contributed by atoms with van der Waals surface area (Å²) >= 11 is 5.22. The van der Waals surface area contributed by atoms with E-state index in [9.17, 15) is 4.79 Å². The van der Waals surface area contributed by atoms with Crippen LogP contribution in [0.15, 0.2) is 42.5 Å². The van der Waals surface area contributed by atoms with E-state index in [0.717, 1.165) is 25.9 Å². The summed E-state index contributed by atoms with van der Waals surface area (Å²) in [7, 11) is 0. The Labute approximate surface area is 114 Å². The van der Waals surface area contributed by atoms with E-state index < -0.39 is 0 Å². The molecule has 2 nitrogen and oxygen atoms in total. The Bertz CT molecular complexity index is 360. The molecule has 0 fully saturated rings. The molecule has 0 unspecified atom stereocenters. The van der Waals surface area contributed by atoms with Crippen LogP contribution in [0.4, 0.5) is 0 Å². The molecule has 0 aliphatic carbocycles. The molecule has 1 aromatic carbocycles. The van der Waals surface area contributed by atoms with Gasteiger partial charge in [-0.3, -0.25) is 4.79 Å². The van der Waals surface area contributed by atoms with Crippen LogP contribution in [0.5, 0.6) is 0 Å². The molecule has 0 aliphatic heterocycles. The molecule has 18 heavy (non-hydrogen) atoms. The molecule has 0 N–H and O–H groups in total. The zero-order valence-corrected chi connectivity index (χ0v) is 11.2. The fourth-order valence-corrected chi connectivity index (χ4v) is 1.61. The monoisotopic (exact) mass is 266 g/mol. The van der Waals surface area contributed by atoms with Crippen LogP contribution in [0.2, 0.25) is 0 Å². The highest BCUT2D eigenvalue weighted by molar-refractivity contribution is 6.63. The van der Waals surface area contributed by atoms with E-state index in [1.165, 1.54) is 5.56 Å². The fraction of sp³-hybridized carbons (Fsp3) is 0.400. The number of hydrogen-bond acceptors (Lipinski definition) is 2. The van der Waals surface area contributed by atoms with Crippen LogP contribution < -0.4 is 0 Å². The predicted octanol–water partition coefficient (Wildman–Crippen LogP) is 4.09. The summed E-state index contributed by atoms with van der Waals surface area (Å²) in [6, 6.07) is 10.1. The number of ether oxygens (including phenoxy) is 1. The molecule has 0 saturated carbocycles. The highest BCUT2D eigenvalue weighted by Crippen LogP contribution is 2.02. The normalized spacial score (nSPS) is 10.9. The first kappa shape index (κ1) is 14.9. The average molecular weight is 267 g/mol. The average Bonchev–Trinajstić information content (AvgIpc) is 2.37. The van der Waals surface area contributed by atoms with E-state index in [1.807, 2.05) is 24.3 Å². The van der Waals surface area contributed by atoms with Gasteiger partial charge < -0.3 is 4.74 Å². The van der Waals surface area contributed by atoms with E-state index in [4.69, 9.17) is 16.3 Å². The Hall–Kier alpha value is -1.12. The van der Waals surface area contributed by atoms with Crippen LogP contribution >= 0.6 is 11.6 Å². The van der Waals surface area contributed by atoms with Gasteiger partial charge in [-0.1, -0.05) is 42.5 Å². The molecule has 0 radical (unpaired) electrons. The van der Waals surface area contributed by atoms with Crippen LogP contribution in [0.1, 0.15) is 31.2 Å². The van der Waals surface area contributed by atoms with Crippen molar-refractivity contribution in [3.05, 3.63) is 48.0 Å². The van der Waals surface area contributed by atoms with Gasteiger partial charge in [-0.05, 0) is 36.4 Å². The molecular formula is C15H19ClO2. The van der Waals surface area contributed by atoms with Crippen molar-refractivity contribution < 1.29 is 9.53 Å². The summed E-state index contributed by atoms with van der Waals surface area (Å²) in [5, 5.41) is -0.272. The number of halogens is 1. The predicted molar refractivity (Wildman–Crippen MR) is 74.6 cm³/mol. The molecule has 0 atom stereocenters. The second-order valence-corrected chi connectivity index (χ2v) is 4.47. The highest BCUT2D eigenvalue weighted by atomic mass is 35.5. The first-order valence-electron chi connectivity index (χ1n) is 6.24. The summed E-state index contributed by atoms with van der Waals surface area (Å²) in [6.07, 6.45) is 7.20. The summed E-state index contributed by atoms with van der Waals surface area (Å²) in [5.74, 6) is 0. The van der Waals surface area contributed by atoms with E-state index in [1.54, 1.807) is 0 Å². The third kappa shape index (κ3) is 8.04. The van der Waals surface area contributed by atoms with Crippen molar-refractivity contribution in [2.45, 2.75) is 32.3 Å². The molecule has 0 aromatic heterocycles. The first-order chi connectivity index (χ1) is 8.79. The Kier molecular flexibility index (Phi) is 8.19. The van der Waals surface area contributed by atoms with Gasteiger partial charge in [-0.15, -0.1) is 0 Å². The second kappa shape index (κ2) is 9.86. The maximum absolute atomic E-state index is 10.5. The molecule has 0 bridgehead atoms. The van der Waals surface area contributed by atoms with Gasteiger partial charge in [0.25, 0.3) is 0 Å². The van der Waals surface area contributed by atoms with E-state index >= 15 is 0 Å². The van der Waals surface area contributed by atoms with Crippen molar-refractivity contribution >= 4 is 16.8 Å². The van der Waals surface area contributed by atoms with Gasteiger partial charge in [0.2, 0.25) is 5.24 Å². The lowest BCUT2D eigenvalue weighted by Gasteiger charge is -2.02. The highest BCUT2D eigenvalue weighted by Gasteiger charge is 1.92. The molecule has 0 saturated heterocycles. The molecular weight excluding hydrogens is 248 g/mol. The minimum absolute atomic E-state index is 0.272. The van der Waals surface area contributed by atoms with Crippen molar-refractivity contribution in [3.8, 4) is 0 Å². The lowest BCUT2D eigenvalue weighted by molar-refractivity contribution is -0.111. The van der Waals surface area contributed by atoms with Gasteiger partial charge in [0.1, 0.15) is 0 Å². The Morgan fingerprint density at radius 2 is 1.89 bits per heavy atom. The van der Waals surface area contributed by atoms with Gasteiger partial charge in [0.05, 0.1) is 6.61 Å². The number of rotatable bonds is 9. The molecule has 1 rings (SSSR count). The number of carbonyl (C=O) groups excluding carboxylic acids is 1. The Balaban J connectivity index is 1.94. The first-order valence-corrected chi connectivity index (χ1v) is 6.62. The van der Waals surface area contributed by atoms with Crippen LogP contribution in [0, 0.1) is 0 Å². The number of allylic oxidation sites excluding steroid dienone is 2. The number of unbranched alkanes of at least 4 members (excludes halogenated alkanes) is 1. The molecule has 1 aromatic rings. The summed E-state index contributed by atoms with van der Waals surface area (Å²) in [4.78, 5) is 10.5. The molecule has 0 spiro atoms. The number of benzene rings is 1. The van der Waals surface area contributed by atoms with Crippen molar-refractivity contribution in [1.29, 1.82) is 0 Å². The van der Waals surface area contributed by atoms with Crippen molar-refractivity contribution in [3.63, 3.8) is 0 Å². The molecule has 98 valence electrons. The van der Waals surface area contributed by atoms with Crippen molar-refractivity contribution in [2.75, 3.05) is 6.61 Å². The summed E-state index contributed by atoms with van der Waals surface area (Å²) in [6.45, 7) is 1.43. The third-order valence-corrected chi connectivity index (χ3v) is 2.63. The molecule has 0 heterocycles. The number of hydrogen-bond donors (Lipinski definition) is 0. The second-order valence-electron chi connectivity index (χ2n) is 4.05. The smallest absolute Gasteiger partial charge is 0.221 e. The maximum Gasteiger partial charge on any atom is 0.221 e. The molecule has 3 heteroatoms. The van der Waals surface area contributed by atoms with Gasteiger partial charge in [0.15, 0.2) is 0 Å². The SMILES string of the molecule is O=C(Cl)CC/C=C\CCCOCc1ccccc1. The quantitative estimate of drug-likeness (QED) is 0.382. The Morgan fingerprint density at radius 1 is 1.17 bits per heavy atom. The van der Waals surface area contributed by atoms with Gasteiger partial charge >= 0.3 is 0 Å². The van der Waals surface area contributed by atoms with Gasteiger partial charge in [-0.2, -0.15) is 0 Å². The Morgan fingerprint density at radius 3 is 2.61 bits per heavy atom. The van der Waals surface area contributed by atoms with E-state index in [0.29, 0.717) is 13.0 Å². The lowest BCUT2D eigenvalue weighted by atomic mass is 10.2. The van der Waals surface area contributed by atoms with Crippen LogP contribution in [-0.4, -0.2) is 11.8 Å². The van der Waals surface area contributed by atoms with Crippen molar-refractivity contribution in [1.82, 2.24) is 0 Å². The largest absolute Gasteiger partial charge is 0.377 e. The summed E-state index contributed by atoms with van der Waals surface area (Å²) < 4.78 is 5.56. The molecule has 0 aliphatic rings. The minimum Gasteiger partial charge on any atom is -0.377 e. The standard InChI is InChI=1S/C15H19ClO2/c16-15(17)11-7-2-1-3-8-12-18-13-14-9-5-4-6-10-14/h1-2,4-6,9-10H,3,7-8,11-13H2/b2-1-. The van der Waals surface area contributed by atoms with E-state index in [2.05, 4.69) is 18.2 Å². The van der Waals surface area contributed by atoms with Gasteiger partial charge in [-0.25, -0.2) is 0 Å². The van der Waals surface area contributed by atoms with Crippen molar-refractivity contribution in [2.24, 2.45) is 0 Å². The van der Waals surface area contributed by atoms with Gasteiger partial charge in [0, 0.05) is 13.0 Å². The van der Waals surface area contributed by atoms with Crippen LogP contribution in [-0.2, 0) is 16.1 Å². The van der Waals surface area contributed by atoms with Crippen LogP contribution in [0.3, 0.4) is 0 Å². The summed E-state index contributed by atoms with van der Waals surface area (Å²) in [5.41, 5.74) is 1.20. The lowest BCUT2D eigenvalue weighted by Crippen LogP contribution is -1.94. The third-order valence-electron chi connectivity index (χ3n) is 2.45. The minimum atomic E-state index is -0.272. The number of carbonyl (C=O) groups is 1. The topological polar surface area (TPSA) is 26.3 Å². The maximum atomic E-state index is 10.5. The van der Waals surface area contributed by atoms with E-state index in [-0.39, 0.29) is 5.24 Å². The molecule has 0 amide bonds. The van der Waals surface area contributed by atoms with Crippen LogP contribution in [0.25, 0.3) is 0 Å². The zero-order chi connectivity index (χ0) is 13.1. The fourth-order valence-electron chi connectivity index (χ4n) is 1.50. The zero-order valence-electron chi connectivity index (χ0n) is 10.5.